The molecular weight excluding hydrogens is 301 g/mol. The Kier molecular flexibility index (Phi) is 2.97. The molecule has 0 atom stereocenters. The Morgan fingerprint density at radius 3 is 2.95 bits per heavy atom. The fourth-order valence-electron chi connectivity index (χ4n) is 2.46. The van der Waals surface area contributed by atoms with E-state index < -0.39 is 5.82 Å². The Morgan fingerprint density at radius 2 is 2.09 bits per heavy atom. The van der Waals surface area contributed by atoms with E-state index in [-0.39, 0.29) is 5.78 Å². The molecular formula is C16H10FN3OS. The number of benzene rings is 2. The van der Waals surface area contributed by atoms with E-state index in [2.05, 4.69) is 15.5 Å². The number of Topliss-reactive ketones (excluding diaryl/α,β-unsaturated/α-hetero) is 1. The summed E-state index contributed by atoms with van der Waals surface area (Å²) in [5.41, 5.74) is 5.29. The van der Waals surface area contributed by atoms with Crippen molar-refractivity contribution in [2.75, 3.05) is 5.43 Å². The van der Waals surface area contributed by atoms with Crippen LogP contribution in [-0.4, -0.2) is 16.5 Å². The molecule has 1 aliphatic carbocycles. The van der Waals surface area contributed by atoms with Crippen LogP contribution in [0.25, 0.3) is 10.2 Å². The summed E-state index contributed by atoms with van der Waals surface area (Å²) in [5.74, 6) is -0.643. The second-order valence-electron chi connectivity index (χ2n) is 4.96. The van der Waals surface area contributed by atoms with Crippen molar-refractivity contribution >= 4 is 38.2 Å². The third-order valence-corrected chi connectivity index (χ3v) is 4.46. The maximum absolute atomic E-state index is 13.2. The standard InChI is InChI=1S/C16H10FN3OS/c17-10-6-5-9-7-13(15(21)11(9)8-10)19-20-16-18-12-3-1-2-4-14(12)22-16/h1-6,8H,7H2,(H,18,20)/b19-13-. The molecule has 1 N–H and O–H groups in total. The molecule has 1 aromatic heterocycles. The molecule has 108 valence electrons. The number of nitrogens with one attached hydrogen (secondary N) is 1. The number of aromatic nitrogens is 1. The molecule has 0 radical (unpaired) electrons. The van der Waals surface area contributed by atoms with Gasteiger partial charge in [0.2, 0.25) is 10.9 Å². The van der Waals surface area contributed by atoms with Gasteiger partial charge in [0.25, 0.3) is 0 Å². The average Bonchev–Trinajstić information content (AvgIpc) is 3.07. The number of para-hydroxylation sites is 1. The van der Waals surface area contributed by atoms with Crippen molar-refractivity contribution in [3.05, 3.63) is 59.4 Å². The lowest BCUT2D eigenvalue weighted by atomic mass is 10.1. The minimum absolute atomic E-state index is 0.233. The van der Waals surface area contributed by atoms with Gasteiger partial charge in [0.1, 0.15) is 11.5 Å². The molecule has 0 bridgehead atoms. The molecule has 0 fully saturated rings. The molecule has 0 aliphatic heterocycles. The molecule has 0 saturated heterocycles. The quantitative estimate of drug-likeness (QED) is 0.735. The Labute approximate surface area is 129 Å². The summed E-state index contributed by atoms with van der Waals surface area (Å²) >= 11 is 1.47. The number of nitrogens with zero attached hydrogens (tertiary/aromatic N) is 2. The van der Waals surface area contributed by atoms with Crippen molar-refractivity contribution in [3.8, 4) is 0 Å². The number of ketones is 1. The van der Waals surface area contributed by atoms with Crippen molar-refractivity contribution in [3.63, 3.8) is 0 Å². The van der Waals surface area contributed by atoms with E-state index in [1.807, 2.05) is 24.3 Å². The number of carbonyl (C=O) groups excluding carboxylic acids is 1. The molecule has 6 heteroatoms. The number of rotatable bonds is 2. The fraction of sp³-hybridized carbons (Fsp3) is 0.0625. The molecule has 4 rings (SSSR count). The number of hydrazone groups is 1. The smallest absolute Gasteiger partial charge is 0.209 e. The SMILES string of the molecule is O=C1/C(=N\Nc2nc3ccccc3s2)Cc2ccc(F)cc21. The molecule has 0 unspecified atom stereocenters. The maximum Gasteiger partial charge on any atom is 0.209 e. The van der Waals surface area contributed by atoms with Crippen LogP contribution in [0.2, 0.25) is 0 Å². The first-order chi connectivity index (χ1) is 10.7. The molecule has 0 spiro atoms. The van der Waals surface area contributed by atoms with E-state index in [0.717, 1.165) is 15.8 Å². The maximum atomic E-state index is 13.2. The summed E-state index contributed by atoms with van der Waals surface area (Å²) in [7, 11) is 0. The fourth-order valence-corrected chi connectivity index (χ4v) is 3.26. The van der Waals surface area contributed by atoms with Gasteiger partial charge in [-0.2, -0.15) is 5.10 Å². The van der Waals surface area contributed by atoms with Crippen molar-refractivity contribution in [1.82, 2.24) is 4.98 Å². The lowest BCUT2D eigenvalue weighted by molar-refractivity contribution is 0.106. The highest BCUT2D eigenvalue weighted by atomic mass is 32.1. The van der Waals surface area contributed by atoms with E-state index in [9.17, 15) is 9.18 Å². The molecule has 3 aromatic rings. The first-order valence-corrected chi connectivity index (χ1v) is 7.53. The van der Waals surface area contributed by atoms with Gasteiger partial charge in [0.15, 0.2) is 0 Å². The molecule has 2 aromatic carbocycles. The number of fused-ring (bicyclic) bond motifs is 2. The van der Waals surface area contributed by atoms with Crippen LogP contribution in [0.5, 0.6) is 0 Å². The predicted molar refractivity (Wildman–Crippen MR) is 85.1 cm³/mol. The molecule has 0 saturated carbocycles. The number of anilines is 1. The summed E-state index contributed by atoms with van der Waals surface area (Å²) in [6.45, 7) is 0. The second kappa shape index (κ2) is 4.99. The number of halogens is 1. The van der Waals surface area contributed by atoms with Gasteiger partial charge in [0, 0.05) is 12.0 Å². The van der Waals surface area contributed by atoms with Gasteiger partial charge in [-0.15, -0.1) is 0 Å². The molecule has 4 nitrogen and oxygen atoms in total. The normalized spacial score (nSPS) is 15.5. The van der Waals surface area contributed by atoms with Gasteiger partial charge >= 0.3 is 0 Å². The minimum atomic E-state index is -0.410. The largest absolute Gasteiger partial charge is 0.287 e. The Hall–Kier alpha value is -2.60. The van der Waals surface area contributed by atoms with E-state index in [0.29, 0.717) is 22.8 Å². The summed E-state index contributed by atoms with van der Waals surface area (Å²) in [6.07, 6.45) is 0.409. The van der Waals surface area contributed by atoms with Gasteiger partial charge in [-0.05, 0) is 29.8 Å². The average molecular weight is 311 g/mol. The van der Waals surface area contributed by atoms with Crippen LogP contribution < -0.4 is 5.43 Å². The van der Waals surface area contributed by atoms with Gasteiger partial charge < -0.3 is 0 Å². The number of carbonyl (C=O) groups is 1. The second-order valence-corrected chi connectivity index (χ2v) is 6.00. The highest BCUT2D eigenvalue weighted by molar-refractivity contribution is 7.22. The summed E-state index contributed by atoms with van der Waals surface area (Å²) in [6, 6.07) is 12.0. The van der Waals surface area contributed by atoms with Crippen LogP contribution in [0.4, 0.5) is 9.52 Å². The molecule has 1 aliphatic rings. The van der Waals surface area contributed by atoms with Crippen molar-refractivity contribution < 1.29 is 9.18 Å². The van der Waals surface area contributed by atoms with E-state index in [1.165, 1.54) is 23.5 Å². The summed E-state index contributed by atoms with van der Waals surface area (Å²) in [5, 5.41) is 4.79. The number of thiazole rings is 1. The van der Waals surface area contributed by atoms with E-state index in [4.69, 9.17) is 0 Å². The van der Waals surface area contributed by atoms with Crippen LogP contribution >= 0.6 is 11.3 Å². The summed E-state index contributed by atoms with van der Waals surface area (Å²) < 4.78 is 14.3. The van der Waals surface area contributed by atoms with Gasteiger partial charge in [-0.3, -0.25) is 10.2 Å². The highest BCUT2D eigenvalue weighted by Gasteiger charge is 2.27. The zero-order chi connectivity index (χ0) is 15.1. The number of hydrogen-bond acceptors (Lipinski definition) is 5. The molecule has 22 heavy (non-hydrogen) atoms. The van der Waals surface area contributed by atoms with Gasteiger partial charge in [-0.25, -0.2) is 9.37 Å². The highest BCUT2D eigenvalue weighted by Crippen LogP contribution is 2.26. The Morgan fingerprint density at radius 1 is 1.23 bits per heavy atom. The Bertz CT molecular complexity index is 899. The first kappa shape index (κ1) is 13.1. The number of hydrogen-bond donors (Lipinski definition) is 1. The lowest BCUT2D eigenvalue weighted by Gasteiger charge is -1.95. The predicted octanol–water partition coefficient (Wildman–Crippen LogP) is 3.64. The first-order valence-electron chi connectivity index (χ1n) is 6.72. The Balaban J connectivity index is 1.60. The molecule has 1 heterocycles. The lowest BCUT2D eigenvalue weighted by Crippen LogP contribution is -2.10. The van der Waals surface area contributed by atoms with Crippen molar-refractivity contribution in [2.45, 2.75) is 6.42 Å². The van der Waals surface area contributed by atoms with E-state index >= 15 is 0 Å². The topological polar surface area (TPSA) is 54.4 Å². The zero-order valence-electron chi connectivity index (χ0n) is 11.3. The van der Waals surface area contributed by atoms with Crippen molar-refractivity contribution in [1.29, 1.82) is 0 Å². The minimum Gasteiger partial charge on any atom is -0.287 e. The van der Waals surface area contributed by atoms with Crippen LogP contribution in [-0.2, 0) is 6.42 Å². The van der Waals surface area contributed by atoms with Crippen molar-refractivity contribution in [2.24, 2.45) is 5.10 Å². The zero-order valence-corrected chi connectivity index (χ0v) is 12.2. The monoisotopic (exact) mass is 311 g/mol. The van der Waals surface area contributed by atoms with Crippen LogP contribution in [0.3, 0.4) is 0 Å². The summed E-state index contributed by atoms with van der Waals surface area (Å²) in [4.78, 5) is 16.6. The van der Waals surface area contributed by atoms with Gasteiger partial charge in [-0.1, -0.05) is 29.5 Å². The van der Waals surface area contributed by atoms with Crippen LogP contribution in [0.1, 0.15) is 15.9 Å². The van der Waals surface area contributed by atoms with Gasteiger partial charge in [0.05, 0.1) is 10.2 Å². The van der Waals surface area contributed by atoms with Crippen LogP contribution in [0.15, 0.2) is 47.6 Å². The third-order valence-electron chi connectivity index (χ3n) is 3.52. The molecule has 0 amide bonds. The van der Waals surface area contributed by atoms with Crippen LogP contribution in [0, 0.1) is 5.82 Å². The third kappa shape index (κ3) is 2.17. The van der Waals surface area contributed by atoms with E-state index in [1.54, 1.807) is 6.07 Å².